The lowest BCUT2D eigenvalue weighted by Crippen LogP contribution is -2.44. The second-order valence-electron chi connectivity index (χ2n) is 7.85. The van der Waals surface area contributed by atoms with Crippen LogP contribution in [-0.2, 0) is 0 Å². The zero-order valence-corrected chi connectivity index (χ0v) is 15.6. The summed E-state index contributed by atoms with van der Waals surface area (Å²) in [6.07, 6.45) is 0. The Hall–Kier alpha value is -3.46. The summed E-state index contributed by atoms with van der Waals surface area (Å²) in [5.74, 6) is -0.401. The molecule has 1 heterocycles. The third-order valence-electron chi connectivity index (χ3n) is 6.06. The van der Waals surface area contributed by atoms with E-state index < -0.39 is 0 Å². The topological polar surface area (TPSA) is 37.4 Å². The molecule has 2 amide bonds. The molecule has 5 aromatic carbocycles. The van der Waals surface area contributed by atoms with Crippen molar-refractivity contribution in [3.63, 3.8) is 0 Å². The highest BCUT2D eigenvalue weighted by molar-refractivity contribution is 6.38. The average Bonchev–Trinajstić information content (AvgIpc) is 2.70. The smallest absolute Gasteiger partial charge is 0.261 e. The molecule has 0 aromatic heterocycles. The summed E-state index contributed by atoms with van der Waals surface area (Å²) in [7, 11) is 0. The molecule has 3 nitrogen and oxygen atoms in total. The maximum absolute atomic E-state index is 13.1. The molecule has 134 valence electrons. The molecule has 3 heteroatoms. The minimum Gasteiger partial charge on any atom is -0.272 e. The molecular weight excluding hydrogens is 346 g/mol. The molecule has 0 saturated carbocycles. The standard InChI is InChI=1S/C25H17NO2/c1-13(2)26-24(27)19-11-9-17-15-7-3-5-14-6-4-8-16(21(14)15)18-10-12-20(25(26)28)23(19)22(17)18/h3-13H,1-2H3. The third kappa shape index (κ3) is 1.70. The summed E-state index contributed by atoms with van der Waals surface area (Å²) in [5.41, 5.74) is 1.24. The Kier molecular flexibility index (Phi) is 2.83. The third-order valence-corrected chi connectivity index (χ3v) is 6.06. The summed E-state index contributed by atoms with van der Waals surface area (Å²) in [6.45, 7) is 3.75. The van der Waals surface area contributed by atoms with E-state index in [2.05, 4.69) is 36.4 Å². The van der Waals surface area contributed by atoms with Crippen molar-refractivity contribution >= 4 is 54.9 Å². The SMILES string of the molecule is CC(C)N1C(=O)c2ccc3c4cccc5cccc(c6ccc(c2c36)C1=O)c54. The van der Waals surface area contributed by atoms with Crippen LogP contribution in [0, 0.1) is 0 Å². The summed E-state index contributed by atoms with van der Waals surface area (Å²) < 4.78 is 0. The van der Waals surface area contributed by atoms with Crippen molar-refractivity contribution in [3.8, 4) is 0 Å². The highest BCUT2D eigenvalue weighted by atomic mass is 16.2. The second kappa shape index (κ2) is 5.08. The van der Waals surface area contributed by atoms with Crippen LogP contribution in [0.5, 0.6) is 0 Å². The first-order valence-corrected chi connectivity index (χ1v) is 9.58. The van der Waals surface area contributed by atoms with Crippen molar-refractivity contribution in [1.82, 2.24) is 4.90 Å². The van der Waals surface area contributed by atoms with E-state index in [1.54, 1.807) is 0 Å². The molecule has 5 aromatic rings. The van der Waals surface area contributed by atoms with E-state index in [1.807, 2.05) is 38.1 Å². The first kappa shape index (κ1) is 15.6. The highest BCUT2D eigenvalue weighted by Gasteiger charge is 2.35. The van der Waals surface area contributed by atoms with E-state index in [9.17, 15) is 9.59 Å². The van der Waals surface area contributed by atoms with Crippen molar-refractivity contribution in [3.05, 3.63) is 71.8 Å². The molecular formula is C25H17NO2. The number of benzene rings is 5. The Morgan fingerprint density at radius 1 is 0.607 bits per heavy atom. The van der Waals surface area contributed by atoms with Crippen LogP contribution in [0.3, 0.4) is 0 Å². The largest absolute Gasteiger partial charge is 0.272 e. The zero-order chi connectivity index (χ0) is 19.2. The summed E-state index contributed by atoms with van der Waals surface area (Å²) >= 11 is 0. The Bertz CT molecular complexity index is 1380. The molecule has 1 aliphatic rings. The molecule has 0 unspecified atom stereocenters. The Morgan fingerprint density at radius 3 is 1.61 bits per heavy atom. The lowest BCUT2D eigenvalue weighted by atomic mass is 9.84. The van der Waals surface area contributed by atoms with Gasteiger partial charge in [-0.3, -0.25) is 14.5 Å². The predicted octanol–water partition coefficient (Wildman–Crippen LogP) is 5.74. The van der Waals surface area contributed by atoms with Gasteiger partial charge >= 0.3 is 0 Å². The molecule has 1 aliphatic heterocycles. The van der Waals surface area contributed by atoms with Crippen molar-refractivity contribution in [2.75, 3.05) is 0 Å². The van der Waals surface area contributed by atoms with Crippen LogP contribution >= 0.6 is 0 Å². The van der Waals surface area contributed by atoms with Crippen molar-refractivity contribution in [2.24, 2.45) is 0 Å². The number of carbonyl (C=O) groups excluding carboxylic acids is 2. The monoisotopic (exact) mass is 363 g/mol. The van der Waals surface area contributed by atoms with E-state index in [0.717, 1.165) is 32.3 Å². The fourth-order valence-electron chi connectivity index (χ4n) is 4.91. The van der Waals surface area contributed by atoms with Crippen LogP contribution in [0.1, 0.15) is 34.6 Å². The first-order chi connectivity index (χ1) is 13.6. The zero-order valence-electron chi connectivity index (χ0n) is 15.6. The quantitative estimate of drug-likeness (QED) is 0.216. The first-order valence-electron chi connectivity index (χ1n) is 9.58. The van der Waals surface area contributed by atoms with Crippen LogP contribution in [0.2, 0.25) is 0 Å². The Balaban J connectivity index is 1.90. The van der Waals surface area contributed by atoms with Gasteiger partial charge in [-0.1, -0.05) is 48.5 Å². The van der Waals surface area contributed by atoms with Gasteiger partial charge in [-0.05, 0) is 63.7 Å². The number of hydrogen-bond donors (Lipinski definition) is 0. The summed E-state index contributed by atoms with van der Waals surface area (Å²) in [5, 5.41) is 8.77. The highest BCUT2D eigenvalue weighted by Crippen LogP contribution is 2.43. The van der Waals surface area contributed by atoms with E-state index in [-0.39, 0.29) is 17.9 Å². The van der Waals surface area contributed by atoms with Gasteiger partial charge in [0, 0.05) is 22.6 Å². The Labute approximate surface area is 161 Å². The summed E-state index contributed by atoms with van der Waals surface area (Å²) in [4.78, 5) is 27.6. The van der Waals surface area contributed by atoms with E-state index >= 15 is 0 Å². The van der Waals surface area contributed by atoms with Gasteiger partial charge in [0.1, 0.15) is 0 Å². The number of nitrogens with zero attached hydrogens (tertiary/aromatic N) is 1. The van der Waals surface area contributed by atoms with Gasteiger partial charge < -0.3 is 0 Å². The normalized spacial score (nSPS) is 14.5. The number of imide groups is 1. The van der Waals surface area contributed by atoms with Gasteiger partial charge in [-0.2, -0.15) is 0 Å². The molecule has 0 saturated heterocycles. The number of fused-ring (bicyclic) bond motifs is 2. The number of hydrogen-bond acceptors (Lipinski definition) is 2. The van der Waals surface area contributed by atoms with E-state index in [4.69, 9.17) is 0 Å². The number of rotatable bonds is 1. The number of amides is 2. The van der Waals surface area contributed by atoms with Gasteiger partial charge in [0.05, 0.1) is 0 Å². The molecule has 0 fully saturated rings. The molecule has 28 heavy (non-hydrogen) atoms. The molecule has 0 spiro atoms. The van der Waals surface area contributed by atoms with Crippen LogP contribution in [-0.4, -0.2) is 22.8 Å². The molecule has 0 aliphatic carbocycles. The van der Waals surface area contributed by atoms with Crippen LogP contribution < -0.4 is 0 Å². The molecule has 0 bridgehead atoms. The fraction of sp³-hybridized carbons (Fsp3) is 0.120. The van der Waals surface area contributed by atoms with Crippen LogP contribution in [0.4, 0.5) is 0 Å². The van der Waals surface area contributed by atoms with E-state index in [1.165, 1.54) is 15.7 Å². The van der Waals surface area contributed by atoms with Gasteiger partial charge in [0.2, 0.25) is 0 Å². The van der Waals surface area contributed by atoms with Crippen LogP contribution in [0.25, 0.3) is 43.1 Å². The summed E-state index contributed by atoms with van der Waals surface area (Å²) in [6, 6.07) is 20.3. The maximum atomic E-state index is 13.1. The predicted molar refractivity (Wildman–Crippen MR) is 113 cm³/mol. The lowest BCUT2D eigenvalue weighted by Gasteiger charge is -2.31. The lowest BCUT2D eigenvalue weighted by molar-refractivity contribution is 0.0564. The maximum Gasteiger partial charge on any atom is 0.261 e. The minimum absolute atomic E-state index is 0.176. The van der Waals surface area contributed by atoms with Crippen molar-refractivity contribution < 1.29 is 9.59 Å². The van der Waals surface area contributed by atoms with Crippen LogP contribution in [0.15, 0.2) is 60.7 Å². The van der Waals surface area contributed by atoms with Gasteiger partial charge in [-0.15, -0.1) is 0 Å². The number of carbonyl (C=O) groups is 2. The molecule has 6 rings (SSSR count). The second-order valence-corrected chi connectivity index (χ2v) is 7.85. The van der Waals surface area contributed by atoms with Crippen molar-refractivity contribution in [1.29, 1.82) is 0 Å². The van der Waals surface area contributed by atoms with Crippen molar-refractivity contribution in [2.45, 2.75) is 19.9 Å². The molecule has 0 atom stereocenters. The van der Waals surface area contributed by atoms with Gasteiger partial charge in [-0.25, -0.2) is 0 Å². The van der Waals surface area contributed by atoms with Gasteiger partial charge in [0.15, 0.2) is 0 Å². The average molecular weight is 363 g/mol. The Morgan fingerprint density at radius 2 is 1.11 bits per heavy atom. The molecule has 0 radical (unpaired) electrons. The molecule has 0 N–H and O–H groups in total. The van der Waals surface area contributed by atoms with E-state index in [0.29, 0.717) is 11.1 Å². The minimum atomic E-state index is -0.201. The van der Waals surface area contributed by atoms with Gasteiger partial charge in [0.25, 0.3) is 11.8 Å². The fourth-order valence-corrected chi connectivity index (χ4v) is 4.91.